The van der Waals surface area contributed by atoms with Crippen molar-refractivity contribution in [2.75, 3.05) is 13.1 Å². The Hall–Kier alpha value is -2.16. The van der Waals surface area contributed by atoms with E-state index in [2.05, 4.69) is 20.9 Å². The van der Waals surface area contributed by atoms with E-state index in [0.29, 0.717) is 32.5 Å². The molecule has 0 saturated carbocycles. The Kier molecular flexibility index (Phi) is 5.50. The summed E-state index contributed by atoms with van der Waals surface area (Å²) in [5.41, 5.74) is 0. The topological polar surface area (TPSA) is 118 Å². The van der Waals surface area contributed by atoms with Gasteiger partial charge in [-0.25, -0.2) is 9.59 Å². The van der Waals surface area contributed by atoms with Crippen molar-refractivity contribution in [3.05, 3.63) is 12.4 Å². The van der Waals surface area contributed by atoms with Crippen LogP contribution in [0.2, 0.25) is 0 Å². The maximum absolute atomic E-state index is 11.5. The molecule has 21 heavy (non-hydrogen) atoms. The molecule has 1 aliphatic rings. The van der Waals surface area contributed by atoms with Gasteiger partial charge in [-0.15, -0.1) is 5.10 Å². The number of hydrogen-bond acceptors (Lipinski definition) is 5. The molecule has 2 unspecified atom stereocenters. The van der Waals surface area contributed by atoms with Gasteiger partial charge in [0.25, 0.3) is 0 Å². The third-order valence-electron chi connectivity index (χ3n) is 3.19. The highest BCUT2D eigenvalue weighted by molar-refractivity contribution is 5.74. The quantitative estimate of drug-likeness (QED) is 0.589. The van der Waals surface area contributed by atoms with E-state index in [4.69, 9.17) is 9.84 Å². The first-order chi connectivity index (χ1) is 10.1. The third kappa shape index (κ3) is 5.03. The number of carbonyl (C=O) groups is 2. The highest BCUT2D eigenvalue weighted by Gasteiger charge is 2.30. The smallest absolute Gasteiger partial charge is 0.332 e. The summed E-state index contributed by atoms with van der Waals surface area (Å²) in [5, 5.41) is 21.7. The second-order valence-corrected chi connectivity index (χ2v) is 4.82. The molecule has 0 spiro atoms. The average molecular weight is 297 g/mol. The molecule has 1 fully saturated rings. The molecule has 2 rings (SSSR count). The first-order valence-electron chi connectivity index (χ1n) is 6.89. The average Bonchev–Trinajstić information content (AvgIpc) is 3.12. The summed E-state index contributed by atoms with van der Waals surface area (Å²) in [5.74, 6) is -0.949. The van der Waals surface area contributed by atoms with E-state index >= 15 is 0 Å². The summed E-state index contributed by atoms with van der Waals surface area (Å²) >= 11 is 0. The predicted molar refractivity (Wildman–Crippen MR) is 71.6 cm³/mol. The van der Waals surface area contributed by atoms with Crippen molar-refractivity contribution in [3.8, 4) is 0 Å². The van der Waals surface area contributed by atoms with Crippen LogP contribution in [0.25, 0.3) is 0 Å². The van der Waals surface area contributed by atoms with E-state index < -0.39 is 12.1 Å². The monoisotopic (exact) mass is 297 g/mol. The van der Waals surface area contributed by atoms with Crippen LogP contribution < -0.4 is 10.6 Å². The van der Waals surface area contributed by atoms with Gasteiger partial charge in [0, 0.05) is 25.8 Å². The van der Waals surface area contributed by atoms with Crippen LogP contribution in [-0.4, -0.2) is 57.4 Å². The maximum atomic E-state index is 11.5. The minimum absolute atomic E-state index is 0.230. The lowest BCUT2D eigenvalue weighted by Crippen LogP contribution is -2.40. The fourth-order valence-corrected chi connectivity index (χ4v) is 2.10. The molecule has 0 aromatic carbocycles. The highest BCUT2D eigenvalue weighted by atomic mass is 16.5. The lowest BCUT2D eigenvalue weighted by molar-refractivity contribution is -0.149. The molecule has 1 aromatic heterocycles. The molecule has 116 valence electrons. The Morgan fingerprint density at radius 3 is 2.90 bits per heavy atom. The van der Waals surface area contributed by atoms with Crippen LogP contribution in [0.5, 0.6) is 0 Å². The molecular formula is C12H19N5O4. The van der Waals surface area contributed by atoms with Crippen LogP contribution >= 0.6 is 0 Å². The van der Waals surface area contributed by atoms with Crippen molar-refractivity contribution in [2.45, 2.75) is 38.0 Å². The number of aromatic nitrogens is 3. The lowest BCUT2D eigenvalue weighted by Gasteiger charge is -2.13. The zero-order chi connectivity index (χ0) is 15.1. The molecule has 3 N–H and O–H groups in total. The summed E-state index contributed by atoms with van der Waals surface area (Å²) in [6.45, 7) is 1.53. The number of rotatable bonds is 7. The van der Waals surface area contributed by atoms with Gasteiger partial charge >= 0.3 is 12.0 Å². The standard InChI is InChI=1S/C12H19N5O4/c18-11(19)10-3-2-9(21-10)8-14-12(20)13-4-1-6-17-7-5-15-16-17/h5,7,9-10H,1-4,6,8H2,(H,18,19)(H2,13,14,20). The van der Waals surface area contributed by atoms with E-state index in [1.54, 1.807) is 17.1 Å². The van der Waals surface area contributed by atoms with Crippen molar-refractivity contribution >= 4 is 12.0 Å². The van der Waals surface area contributed by atoms with E-state index in [1.807, 2.05) is 0 Å². The van der Waals surface area contributed by atoms with Crippen molar-refractivity contribution in [1.29, 1.82) is 0 Å². The van der Waals surface area contributed by atoms with Gasteiger partial charge in [0.15, 0.2) is 6.10 Å². The van der Waals surface area contributed by atoms with Gasteiger partial charge < -0.3 is 20.5 Å². The number of aliphatic carboxylic acids is 1. The second kappa shape index (κ2) is 7.58. The van der Waals surface area contributed by atoms with E-state index in [0.717, 1.165) is 6.42 Å². The third-order valence-corrected chi connectivity index (χ3v) is 3.19. The number of carboxylic acid groups (broad SMARTS) is 1. The number of nitrogens with one attached hydrogen (secondary N) is 2. The number of urea groups is 1. The molecule has 0 aliphatic carbocycles. The molecule has 9 nitrogen and oxygen atoms in total. The van der Waals surface area contributed by atoms with Crippen molar-refractivity contribution in [1.82, 2.24) is 25.6 Å². The second-order valence-electron chi connectivity index (χ2n) is 4.82. The molecule has 2 heterocycles. The highest BCUT2D eigenvalue weighted by Crippen LogP contribution is 2.18. The number of carbonyl (C=O) groups excluding carboxylic acids is 1. The molecule has 1 aliphatic heterocycles. The number of amides is 2. The fraction of sp³-hybridized carbons (Fsp3) is 0.667. The first kappa shape index (κ1) is 15.2. The zero-order valence-corrected chi connectivity index (χ0v) is 11.6. The largest absolute Gasteiger partial charge is 0.479 e. The zero-order valence-electron chi connectivity index (χ0n) is 11.6. The minimum Gasteiger partial charge on any atom is -0.479 e. The summed E-state index contributed by atoms with van der Waals surface area (Å²) in [6, 6.07) is -0.282. The summed E-state index contributed by atoms with van der Waals surface area (Å²) < 4.78 is 6.98. The van der Waals surface area contributed by atoms with E-state index in [9.17, 15) is 9.59 Å². The SMILES string of the molecule is O=C(NCCCn1ccnn1)NCC1CCC(C(=O)O)O1. The van der Waals surface area contributed by atoms with Gasteiger partial charge in [0.2, 0.25) is 0 Å². The van der Waals surface area contributed by atoms with Gasteiger partial charge in [-0.3, -0.25) is 4.68 Å². The molecule has 0 radical (unpaired) electrons. The van der Waals surface area contributed by atoms with Gasteiger partial charge in [-0.1, -0.05) is 5.21 Å². The fourth-order valence-electron chi connectivity index (χ4n) is 2.10. The number of ether oxygens (including phenoxy) is 1. The number of nitrogens with zero attached hydrogens (tertiary/aromatic N) is 3. The van der Waals surface area contributed by atoms with Crippen molar-refractivity contribution in [2.24, 2.45) is 0 Å². The number of carboxylic acids is 1. The predicted octanol–water partition coefficient (Wildman–Crippen LogP) is -0.400. The van der Waals surface area contributed by atoms with Crippen LogP contribution in [0.1, 0.15) is 19.3 Å². The minimum atomic E-state index is -0.949. The van der Waals surface area contributed by atoms with Crippen LogP contribution in [0, 0.1) is 0 Å². The summed E-state index contributed by atoms with van der Waals surface area (Å²) in [4.78, 5) is 22.3. The van der Waals surface area contributed by atoms with Crippen LogP contribution in [0.15, 0.2) is 12.4 Å². The van der Waals surface area contributed by atoms with E-state index in [1.165, 1.54) is 0 Å². The van der Waals surface area contributed by atoms with Gasteiger partial charge in [-0.2, -0.15) is 0 Å². The molecule has 0 bridgehead atoms. The molecule has 1 aromatic rings. The van der Waals surface area contributed by atoms with Crippen LogP contribution in [0.3, 0.4) is 0 Å². The van der Waals surface area contributed by atoms with E-state index in [-0.39, 0.29) is 12.1 Å². The van der Waals surface area contributed by atoms with Gasteiger partial charge in [0.1, 0.15) is 0 Å². The summed E-state index contributed by atoms with van der Waals surface area (Å²) in [7, 11) is 0. The number of hydrogen-bond donors (Lipinski definition) is 3. The van der Waals surface area contributed by atoms with Crippen molar-refractivity contribution in [3.63, 3.8) is 0 Å². The Morgan fingerprint density at radius 2 is 2.24 bits per heavy atom. The Balaban J connectivity index is 1.53. The Labute approximate surface area is 121 Å². The first-order valence-corrected chi connectivity index (χ1v) is 6.89. The summed E-state index contributed by atoms with van der Waals surface area (Å²) in [6.07, 6.45) is 4.26. The Morgan fingerprint density at radius 1 is 1.38 bits per heavy atom. The van der Waals surface area contributed by atoms with Crippen LogP contribution in [0.4, 0.5) is 4.79 Å². The van der Waals surface area contributed by atoms with Crippen LogP contribution in [-0.2, 0) is 16.1 Å². The van der Waals surface area contributed by atoms with Crippen molar-refractivity contribution < 1.29 is 19.4 Å². The molecule has 2 atom stereocenters. The number of aryl methyl sites for hydroxylation is 1. The van der Waals surface area contributed by atoms with Gasteiger partial charge in [0.05, 0.1) is 12.3 Å². The molecule has 9 heteroatoms. The lowest BCUT2D eigenvalue weighted by atomic mass is 10.2. The van der Waals surface area contributed by atoms with Gasteiger partial charge in [-0.05, 0) is 19.3 Å². The molecular weight excluding hydrogens is 278 g/mol. The molecule has 1 saturated heterocycles. The Bertz CT molecular complexity index is 464. The molecule has 2 amide bonds. The normalized spacial score (nSPS) is 21.1. The maximum Gasteiger partial charge on any atom is 0.332 e.